The maximum absolute atomic E-state index is 12.8. The van der Waals surface area contributed by atoms with Gasteiger partial charge in [-0.2, -0.15) is 5.26 Å². The molecule has 0 spiro atoms. The van der Waals surface area contributed by atoms with Crippen LogP contribution in [0.1, 0.15) is 27.0 Å². The van der Waals surface area contributed by atoms with Crippen LogP contribution in [-0.4, -0.2) is 19.1 Å². The van der Waals surface area contributed by atoms with Gasteiger partial charge in [0.05, 0.1) is 17.2 Å². The van der Waals surface area contributed by atoms with Gasteiger partial charge in [0.1, 0.15) is 13.2 Å². The van der Waals surface area contributed by atoms with Crippen molar-refractivity contribution in [1.29, 1.82) is 5.26 Å². The number of nitrogens with zero attached hydrogens (tertiary/aromatic N) is 1. The largest absolute Gasteiger partial charge is 0.486 e. The number of amides is 1. The van der Waals surface area contributed by atoms with E-state index < -0.39 is 0 Å². The minimum absolute atomic E-state index is 0.118. The van der Waals surface area contributed by atoms with E-state index in [1.807, 2.05) is 66.7 Å². The molecule has 1 aliphatic rings. The van der Waals surface area contributed by atoms with Gasteiger partial charge in [0, 0.05) is 17.2 Å². The van der Waals surface area contributed by atoms with E-state index >= 15 is 0 Å². The molecule has 30 heavy (non-hydrogen) atoms. The highest BCUT2D eigenvalue weighted by Crippen LogP contribution is 2.31. The lowest BCUT2D eigenvalue weighted by atomic mass is 10.1. The zero-order valence-electron chi connectivity index (χ0n) is 16.3. The molecule has 0 radical (unpaired) electrons. The first-order valence-corrected chi connectivity index (χ1v) is 10.6. The van der Waals surface area contributed by atoms with Gasteiger partial charge in [0.25, 0.3) is 5.91 Å². The van der Waals surface area contributed by atoms with Crippen LogP contribution < -0.4 is 14.8 Å². The van der Waals surface area contributed by atoms with Crippen molar-refractivity contribution in [2.24, 2.45) is 0 Å². The minimum atomic E-state index is -0.118. The molecule has 0 fully saturated rings. The molecule has 0 unspecified atom stereocenters. The Labute approximate surface area is 179 Å². The molecule has 4 rings (SSSR count). The van der Waals surface area contributed by atoms with Crippen molar-refractivity contribution in [3.8, 4) is 17.6 Å². The van der Waals surface area contributed by atoms with Crippen LogP contribution in [0.3, 0.4) is 0 Å². The van der Waals surface area contributed by atoms with Gasteiger partial charge in [-0.1, -0.05) is 30.3 Å². The smallest absolute Gasteiger partial charge is 0.252 e. The number of fused-ring (bicyclic) bond motifs is 1. The van der Waals surface area contributed by atoms with Crippen molar-refractivity contribution in [2.75, 3.05) is 13.2 Å². The summed E-state index contributed by atoms with van der Waals surface area (Å²) in [6.45, 7) is 1.50. The van der Waals surface area contributed by atoms with E-state index in [1.165, 1.54) is 0 Å². The van der Waals surface area contributed by atoms with Gasteiger partial charge in [-0.3, -0.25) is 4.79 Å². The number of carbonyl (C=O) groups is 1. The van der Waals surface area contributed by atoms with Crippen LogP contribution in [0.5, 0.6) is 11.5 Å². The molecule has 5 nitrogen and oxygen atoms in total. The lowest BCUT2D eigenvalue weighted by Crippen LogP contribution is -2.23. The highest BCUT2D eigenvalue weighted by atomic mass is 32.2. The monoisotopic (exact) mass is 416 g/mol. The molecule has 1 N–H and O–H groups in total. The predicted octanol–water partition coefficient (Wildman–Crippen LogP) is 4.55. The van der Waals surface area contributed by atoms with Crippen molar-refractivity contribution in [3.05, 3.63) is 89.0 Å². The van der Waals surface area contributed by atoms with E-state index in [4.69, 9.17) is 14.7 Å². The van der Waals surface area contributed by atoms with E-state index in [1.54, 1.807) is 11.8 Å². The lowest BCUT2D eigenvalue weighted by molar-refractivity contribution is 0.0948. The Bertz CT molecular complexity index is 1090. The van der Waals surface area contributed by atoms with Crippen molar-refractivity contribution >= 4 is 17.7 Å². The fourth-order valence-electron chi connectivity index (χ4n) is 3.09. The molecule has 0 saturated carbocycles. The summed E-state index contributed by atoms with van der Waals surface area (Å²) < 4.78 is 11.1. The van der Waals surface area contributed by atoms with Crippen LogP contribution >= 0.6 is 11.8 Å². The normalized spacial score (nSPS) is 12.1. The summed E-state index contributed by atoms with van der Waals surface area (Å²) in [5, 5.41) is 11.9. The summed E-state index contributed by atoms with van der Waals surface area (Å²) in [5.74, 6) is 2.05. The standard InChI is InChI=1S/C24H20N2O3S/c25-14-17-5-7-18(8-6-17)16-30-23-4-2-1-3-20(23)24(27)26-15-19-9-10-21-22(13-19)29-12-11-28-21/h1-10,13H,11-12,15-16H2,(H,26,27). The molecule has 0 bridgehead atoms. The third-order valence-electron chi connectivity index (χ3n) is 4.67. The first kappa shape index (κ1) is 19.9. The topological polar surface area (TPSA) is 71.4 Å². The zero-order valence-corrected chi connectivity index (χ0v) is 17.1. The maximum Gasteiger partial charge on any atom is 0.252 e. The number of benzene rings is 3. The molecule has 1 heterocycles. The first-order chi connectivity index (χ1) is 14.7. The Morgan fingerprint density at radius 1 is 0.967 bits per heavy atom. The Morgan fingerprint density at radius 2 is 1.70 bits per heavy atom. The van der Waals surface area contributed by atoms with Gasteiger partial charge >= 0.3 is 0 Å². The number of nitrogens with one attached hydrogen (secondary N) is 1. The van der Waals surface area contributed by atoms with Gasteiger partial charge in [-0.05, 0) is 47.5 Å². The molecule has 1 aliphatic heterocycles. The van der Waals surface area contributed by atoms with E-state index in [-0.39, 0.29) is 5.91 Å². The van der Waals surface area contributed by atoms with Gasteiger partial charge < -0.3 is 14.8 Å². The molecule has 0 aromatic heterocycles. The van der Waals surface area contributed by atoms with E-state index in [0.717, 1.165) is 27.5 Å². The average molecular weight is 417 g/mol. The number of rotatable bonds is 6. The van der Waals surface area contributed by atoms with Crippen LogP contribution in [0.25, 0.3) is 0 Å². The van der Waals surface area contributed by atoms with Crippen molar-refractivity contribution in [1.82, 2.24) is 5.32 Å². The lowest BCUT2D eigenvalue weighted by Gasteiger charge is -2.19. The number of ether oxygens (including phenoxy) is 2. The van der Waals surface area contributed by atoms with Crippen LogP contribution in [0.15, 0.2) is 71.6 Å². The minimum Gasteiger partial charge on any atom is -0.486 e. The fourth-order valence-corrected chi connectivity index (χ4v) is 4.10. The molecule has 1 amide bonds. The summed E-state index contributed by atoms with van der Waals surface area (Å²) in [6.07, 6.45) is 0. The second-order valence-corrected chi connectivity index (χ2v) is 7.77. The molecule has 6 heteroatoms. The Hall–Kier alpha value is -3.43. The number of carbonyl (C=O) groups excluding carboxylic acids is 1. The van der Waals surface area contributed by atoms with Crippen molar-refractivity contribution < 1.29 is 14.3 Å². The maximum atomic E-state index is 12.8. The Balaban J connectivity index is 1.40. The van der Waals surface area contributed by atoms with Crippen molar-refractivity contribution in [3.63, 3.8) is 0 Å². The highest BCUT2D eigenvalue weighted by molar-refractivity contribution is 7.98. The SMILES string of the molecule is N#Cc1ccc(CSc2ccccc2C(=O)NCc2ccc3c(c2)OCCO3)cc1. The van der Waals surface area contributed by atoms with Crippen molar-refractivity contribution in [2.45, 2.75) is 17.2 Å². The van der Waals surface area contributed by atoms with E-state index in [2.05, 4.69) is 11.4 Å². The molecular weight excluding hydrogens is 396 g/mol. The Kier molecular flexibility index (Phi) is 6.21. The summed E-state index contributed by atoms with van der Waals surface area (Å²) in [4.78, 5) is 13.7. The summed E-state index contributed by atoms with van der Waals surface area (Å²) in [7, 11) is 0. The van der Waals surface area contributed by atoms with Crippen LogP contribution in [0, 0.1) is 11.3 Å². The van der Waals surface area contributed by atoms with E-state index in [0.29, 0.717) is 36.6 Å². The fraction of sp³-hybridized carbons (Fsp3) is 0.167. The molecule has 0 atom stereocenters. The second-order valence-electron chi connectivity index (χ2n) is 6.75. The molecule has 3 aromatic carbocycles. The average Bonchev–Trinajstić information content (AvgIpc) is 2.81. The molecular formula is C24H20N2O3S. The van der Waals surface area contributed by atoms with Crippen LogP contribution in [-0.2, 0) is 12.3 Å². The molecule has 0 aliphatic carbocycles. The van der Waals surface area contributed by atoms with Crippen LogP contribution in [0.4, 0.5) is 0 Å². The summed E-state index contributed by atoms with van der Waals surface area (Å²) >= 11 is 1.60. The predicted molar refractivity (Wildman–Crippen MR) is 116 cm³/mol. The number of nitriles is 1. The highest BCUT2D eigenvalue weighted by Gasteiger charge is 2.14. The molecule has 150 valence electrons. The van der Waals surface area contributed by atoms with Gasteiger partial charge in [0.2, 0.25) is 0 Å². The quantitative estimate of drug-likeness (QED) is 0.597. The van der Waals surface area contributed by atoms with Crippen LogP contribution in [0.2, 0.25) is 0 Å². The second kappa shape index (κ2) is 9.38. The zero-order chi connectivity index (χ0) is 20.8. The number of thioether (sulfide) groups is 1. The van der Waals surface area contributed by atoms with Gasteiger partial charge in [-0.25, -0.2) is 0 Å². The summed E-state index contributed by atoms with van der Waals surface area (Å²) in [5.41, 5.74) is 3.34. The number of hydrogen-bond donors (Lipinski definition) is 1. The summed E-state index contributed by atoms with van der Waals surface area (Å²) in [6, 6.07) is 22.9. The number of hydrogen-bond acceptors (Lipinski definition) is 5. The molecule has 3 aromatic rings. The molecule has 0 saturated heterocycles. The van der Waals surface area contributed by atoms with E-state index in [9.17, 15) is 4.79 Å². The third-order valence-corrected chi connectivity index (χ3v) is 5.81. The van der Waals surface area contributed by atoms with Gasteiger partial charge in [-0.15, -0.1) is 11.8 Å². The van der Waals surface area contributed by atoms with Gasteiger partial charge in [0.15, 0.2) is 11.5 Å². The third kappa shape index (κ3) is 4.76. The Morgan fingerprint density at radius 3 is 2.50 bits per heavy atom. The first-order valence-electron chi connectivity index (χ1n) is 9.60.